The summed E-state index contributed by atoms with van der Waals surface area (Å²) in [4.78, 5) is 16.5. The van der Waals surface area contributed by atoms with Crippen LogP contribution in [-0.4, -0.2) is 25.0 Å². The molecule has 0 bridgehead atoms. The van der Waals surface area contributed by atoms with E-state index >= 15 is 0 Å². The second-order valence-electron chi connectivity index (χ2n) is 6.27. The first-order chi connectivity index (χ1) is 12.8. The Morgan fingerprint density at radius 3 is 2.67 bits per heavy atom. The average Bonchev–Trinajstić information content (AvgIpc) is 3.10. The molecule has 1 aliphatic rings. The van der Waals surface area contributed by atoms with E-state index < -0.39 is 17.5 Å². The molecule has 0 amide bonds. The van der Waals surface area contributed by atoms with E-state index in [1.807, 2.05) is 0 Å². The van der Waals surface area contributed by atoms with Gasteiger partial charge in [0, 0.05) is 24.2 Å². The summed E-state index contributed by atoms with van der Waals surface area (Å²) in [5, 5.41) is 13.8. The zero-order valence-electron chi connectivity index (χ0n) is 13.9. The lowest BCUT2D eigenvalue weighted by molar-refractivity contribution is -0.141. The molecule has 0 aromatic carbocycles. The van der Waals surface area contributed by atoms with Crippen molar-refractivity contribution in [2.45, 2.75) is 31.0 Å². The third-order valence-corrected chi connectivity index (χ3v) is 5.55. The van der Waals surface area contributed by atoms with Crippen molar-refractivity contribution in [2.75, 3.05) is 5.32 Å². The van der Waals surface area contributed by atoms with Gasteiger partial charge in [-0.3, -0.25) is 4.98 Å². The molecule has 0 radical (unpaired) electrons. The van der Waals surface area contributed by atoms with Gasteiger partial charge in [0.15, 0.2) is 0 Å². The van der Waals surface area contributed by atoms with E-state index in [1.54, 1.807) is 18.5 Å². The number of hydrogen-bond acceptors (Lipinski definition) is 7. The van der Waals surface area contributed by atoms with Gasteiger partial charge < -0.3 is 10.4 Å². The summed E-state index contributed by atoms with van der Waals surface area (Å²) >= 11 is 1.38. The summed E-state index contributed by atoms with van der Waals surface area (Å²) in [7, 11) is 0. The van der Waals surface area contributed by atoms with Crippen LogP contribution in [0.5, 0.6) is 0 Å². The Kier molecular flexibility index (Phi) is 4.31. The number of thiazole rings is 1. The standard InChI is InChI=1S/C17H14F3N5OS/c18-17(19,20)13-2-5-22-15(25-13)24-11-6-10(7-21-8-11)12-9-23-14(27-12)16(26)3-1-4-16/h2,5-9,26H,1,3-4H2,(H,22,24,25). The SMILES string of the molecule is OC1(c2ncc(-c3cncc(Nc4nccc(C(F)(F)F)n4)c3)s2)CCC1. The maximum atomic E-state index is 12.8. The van der Waals surface area contributed by atoms with Crippen LogP contribution in [0.25, 0.3) is 10.4 Å². The highest BCUT2D eigenvalue weighted by molar-refractivity contribution is 7.15. The van der Waals surface area contributed by atoms with E-state index in [4.69, 9.17) is 0 Å². The number of nitrogens with zero attached hydrogens (tertiary/aromatic N) is 4. The molecule has 3 aromatic heterocycles. The van der Waals surface area contributed by atoms with E-state index in [2.05, 4.69) is 25.3 Å². The Labute approximate surface area is 156 Å². The molecule has 3 aromatic rings. The fourth-order valence-electron chi connectivity index (χ4n) is 2.70. The molecule has 1 aliphatic carbocycles. The maximum Gasteiger partial charge on any atom is 0.433 e. The maximum absolute atomic E-state index is 12.8. The van der Waals surface area contributed by atoms with Gasteiger partial charge in [-0.05, 0) is 31.4 Å². The van der Waals surface area contributed by atoms with Gasteiger partial charge in [0.2, 0.25) is 5.95 Å². The zero-order valence-corrected chi connectivity index (χ0v) is 14.7. The van der Waals surface area contributed by atoms with Gasteiger partial charge in [-0.25, -0.2) is 15.0 Å². The molecule has 0 unspecified atom stereocenters. The first-order valence-corrected chi connectivity index (χ1v) is 8.97. The van der Waals surface area contributed by atoms with Gasteiger partial charge in [0.25, 0.3) is 0 Å². The Balaban J connectivity index is 1.57. The van der Waals surface area contributed by atoms with Crippen molar-refractivity contribution in [3.8, 4) is 10.4 Å². The number of pyridine rings is 1. The predicted octanol–water partition coefficient (Wildman–Crippen LogP) is 4.13. The molecule has 27 heavy (non-hydrogen) atoms. The van der Waals surface area contributed by atoms with Crippen molar-refractivity contribution in [3.05, 3.63) is 47.6 Å². The highest BCUT2D eigenvalue weighted by Crippen LogP contribution is 2.44. The van der Waals surface area contributed by atoms with Crippen LogP contribution in [0.2, 0.25) is 0 Å². The van der Waals surface area contributed by atoms with Crippen molar-refractivity contribution in [3.63, 3.8) is 0 Å². The molecule has 2 N–H and O–H groups in total. The molecule has 10 heteroatoms. The van der Waals surface area contributed by atoms with Crippen LogP contribution in [0.3, 0.4) is 0 Å². The van der Waals surface area contributed by atoms with Gasteiger partial charge in [-0.15, -0.1) is 11.3 Å². The number of aliphatic hydroxyl groups is 1. The molecule has 0 spiro atoms. The third-order valence-electron chi connectivity index (χ3n) is 4.31. The lowest BCUT2D eigenvalue weighted by Crippen LogP contribution is -2.33. The van der Waals surface area contributed by atoms with Crippen molar-refractivity contribution >= 4 is 23.0 Å². The van der Waals surface area contributed by atoms with Crippen LogP contribution in [0.1, 0.15) is 30.0 Å². The van der Waals surface area contributed by atoms with Crippen LogP contribution in [-0.2, 0) is 11.8 Å². The number of halogens is 3. The lowest BCUT2D eigenvalue weighted by Gasteiger charge is -2.34. The minimum atomic E-state index is -4.54. The summed E-state index contributed by atoms with van der Waals surface area (Å²) in [6, 6.07) is 2.53. The minimum absolute atomic E-state index is 0.169. The number of anilines is 2. The Morgan fingerprint density at radius 1 is 1.15 bits per heavy atom. The van der Waals surface area contributed by atoms with Crippen LogP contribution in [0.4, 0.5) is 24.8 Å². The molecule has 3 heterocycles. The summed E-state index contributed by atoms with van der Waals surface area (Å²) in [6.45, 7) is 0. The number of aromatic nitrogens is 4. The Morgan fingerprint density at radius 2 is 1.96 bits per heavy atom. The smallest absolute Gasteiger partial charge is 0.383 e. The van der Waals surface area contributed by atoms with Gasteiger partial charge in [0.1, 0.15) is 16.3 Å². The van der Waals surface area contributed by atoms with Crippen molar-refractivity contribution in [1.29, 1.82) is 0 Å². The van der Waals surface area contributed by atoms with Crippen molar-refractivity contribution in [1.82, 2.24) is 19.9 Å². The largest absolute Gasteiger partial charge is 0.433 e. The van der Waals surface area contributed by atoms with Gasteiger partial charge >= 0.3 is 6.18 Å². The molecule has 140 valence electrons. The van der Waals surface area contributed by atoms with Gasteiger partial charge in [0.05, 0.1) is 16.8 Å². The molecule has 0 aliphatic heterocycles. The summed E-state index contributed by atoms with van der Waals surface area (Å²) < 4.78 is 38.3. The normalized spacial score (nSPS) is 16.0. The first-order valence-electron chi connectivity index (χ1n) is 8.15. The first kappa shape index (κ1) is 17.8. The molecule has 0 saturated heterocycles. The van der Waals surface area contributed by atoms with E-state index in [9.17, 15) is 18.3 Å². The molecule has 6 nitrogen and oxygen atoms in total. The minimum Gasteiger partial charge on any atom is -0.383 e. The second kappa shape index (κ2) is 6.54. The predicted molar refractivity (Wildman–Crippen MR) is 93.4 cm³/mol. The van der Waals surface area contributed by atoms with Crippen molar-refractivity contribution < 1.29 is 18.3 Å². The summed E-state index contributed by atoms with van der Waals surface area (Å²) in [6.07, 6.45) is 3.64. The Hall–Kier alpha value is -2.59. The lowest BCUT2D eigenvalue weighted by atomic mass is 9.81. The fraction of sp³-hybridized carbons (Fsp3) is 0.294. The highest BCUT2D eigenvalue weighted by Gasteiger charge is 2.39. The quantitative estimate of drug-likeness (QED) is 0.694. The monoisotopic (exact) mass is 393 g/mol. The number of nitrogens with one attached hydrogen (secondary N) is 1. The van der Waals surface area contributed by atoms with Crippen molar-refractivity contribution in [2.24, 2.45) is 0 Å². The van der Waals surface area contributed by atoms with Crippen LogP contribution in [0.15, 0.2) is 36.9 Å². The van der Waals surface area contributed by atoms with E-state index in [0.29, 0.717) is 23.5 Å². The highest BCUT2D eigenvalue weighted by atomic mass is 32.1. The third kappa shape index (κ3) is 3.62. The molecular weight excluding hydrogens is 379 g/mol. The average molecular weight is 393 g/mol. The molecule has 0 atom stereocenters. The van der Waals surface area contributed by atoms with Crippen LogP contribution in [0, 0.1) is 0 Å². The van der Waals surface area contributed by atoms with E-state index in [0.717, 1.165) is 29.1 Å². The van der Waals surface area contributed by atoms with E-state index in [1.165, 1.54) is 17.5 Å². The van der Waals surface area contributed by atoms with Gasteiger partial charge in [-0.2, -0.15) is 13.2 Å². The number of alkyl halides is 3. The zero-order chi connectivity index (χ0) is 19.1. The second-order valence-corrected chi connectivity index (χ2v) is 7.30. The molecular formula is C17H14F3N5OS. The fourth-order valence-corrected chi connectivity index (χ4v) is 3.74. The molecule has 1 saturated carbocycles. The number of hydrogen-bond donors (Lipinski definition) is 2. The summed E-state index contributed by atoms with van der Waals surface area (Å²) in [5.41, 5.74) is -0.675. The summed E-state index contributed by atoms with van der Waals surface area (Å²) in [5.74, 6) is -0.169. The van der Waals surface area contributed by atoms with Gasteiger partial charge in [-0.1, -0.05) is 0 Å². The van der Waals surface area contributed by atoms with E-state index in [-0.39, 0.29) is 5.95 Å². The number of rotatable bonds is 4. The Bertz CT molecular complexity index is 971. The topological polar surface area (TPSA) is 83.8 Å². The molecule has 4 rings (SSSR count). The molecule has 1 fully saturated rings. The van der Waals surface area contributed by atoms with Crippen LogP contribution >= 0.6 is 11.3 Å². The van der Waals surface area contributed by atoms with Crippen LogP contribution < -0.4 is 5.32 Å².